The van der Waals surface area contributed by atoms with E-state index in [2.05, 4.69) is 20.8 Å². The van der Waals surface area contributed by atoms with Crippen molar-refractivity contribution in [2.45, 2.75) is 206 Å². The molecule has 5 saturated carbocycles. The minimum absolute atomic E-state index is 0.0916. The first-order valence-electron chi connectivity index (χ1n) is 21.1. The molecule has 0 radical (unpaired) electrons. The third-order valence-electron chi connectivity index (χ3n) is 15.6. The molecule has 5 heteroatoms. The topological polar surface area (TPSA) is 94.8 Å². The Kier molecular flexibility index (Phi) is 14.1. The highest BCUT2D eigenvalue weighted by Crippen LogP contribution is 2.68. The highest BCUT2D eigenvalue weighted by atomic mass is 16.3. The van der Waals surface area contributed by atoms with Crippen LogP contribution in [0.2, 0.25) is 0 Å². The van der Waals surface area contributed by atoms with Gasteiger partial charge in [0.05, 0.1) is 18.3 Å². The molecule has 276 valence electrons. The van der Waals surface area contributed by atoms with Crippen LogP contribution in [0.4, 0.5) is 0 Å². The van der Waals surface area contributed by atoms with Crippen LogP contribution in [0.25, 0.3) is 0 Å². The summed E-state index contributed by atoms with van der Waals surface area (Å²) in [5.74, 6) is 2.80. The van der Waals surface area contributed by atoms with Gasteiger partial charge < -0.3 is 15.3 Å². The highest BCUT2D eigenvalue weighted by molar-refractivity contribution is 5.82. The first-order chi connectivity index (χ1) is 23.1. The number of aliphatic hydroxyl groups is 3. The maximum absolute atomic E-state index is 13.3. The van der Waals surface area contributed by atoms with Gasteiger partial charge in [-0.15, -0.1) is 0 Å². The molecular formula is C43H74O5. The van der Waals surface area contributed by atoms with Crippen molar-refractivity contribution >= 4 is 11.6 Å². The molecule has 0 aromatic rings. The number of hydrogen-bond donors (Lipinski definition) is 3. The second kappa shape index (κ2) is 17.6. The summed E-state index contributed by atoms with van der Waals surface area (Å²) < 4.78 is 0. The van der Waals surface area contributed by atoms with Crippen LogP contribution in [0.5, 0.6) is 0 Å². The van der Waals surface area contributed by atoms with E-state index in [1.165, 1.54) is 77.0 Å². The lowest BCUT2D eigenvalue weighted by Crippen LogP contribution is -2.62. The molecule has 48 heavy (non-hydrogen) atoms. The standard InChI is InChI=1S/C43H74O5/c1-30(21-22-33(44)19-16-20-38(46)31-17-14-12-10-8-6-4-5-7-9-11-13-15-18-31)35-23-24-36-41-37(29-40(48)43(35,36)3)42(2)26-25-34(45)27-32(42)28-39(41)47/h30-32,34-37,39-41,45,47-48H,4-29H2,1-3H3/t30-,32?,34?,35?,36?,37?,39?,40?,41?,42?,43?/m1/s1. The van der Waals surface area contributed by atoms with E-state index in [0.717, 1.165) is 64.2 Å². The molecule has 0 aliphatic heterocycles. The fourth-order valence-electron chi connectivity index (χ4n) is 12.5. The average Bonchev–Trinajstić information content (AvgIpc) is 3.41. The van der Waals surface area contributed by atoms with E-state index in [0.29, 0.717) is 66.8 Å². The Bertz CT molecular complexity index is 1010. The molecule has 0 aromatic carbocycles. The lowest BCUT2D eigenvalue weighted by molar-refractivity contribution is -0.207. The monoisotopic (exact) mass is 671 g/mol. The Morgan fingerprint density at radius 2 is 1.29 bits per heavy atom. The molecule has 5 aliphatic carbocycles. The second-order valence-electron chi connectivity index (χ2n) is 18.4. The van der Waals surface area contributed by atoms with Crippen LogP contribution in [-0.4, -0.2) is 45.2 Å². The SMILES string of the molecule is C[C@H](CCC(=O)CCCC(=O)C1CCCCCCCCCCCCCC1)C1CCC2C3C(O)CC4CC(O)CCC4(C)C3CC(O)C21C. The summed E-state index contributed by atoms with van der Waals surface area (Å²) in [7, 11) is 0. The van der Waals surface area contributed by atoms with E-state index in [9.17, 15) is 24.9 Å². The zero-order valence-electron chi connectivity index (χ0n) is 31.3. The number of carbonyl (C=O) groups is 2. The van der Waals surface area contributed by atoms with Gasteiger partial charge in [-0.25, -0.2) is 0 Å². The summed E-state index contributed by atoms with van der Waals surface area (Å²) in [5.41, 5.74) is -0.131. The van der Waals surface area contributed by atoms with E-state index in [-0.39, 0.29) is 41.0 Å². The van der Waals surface area contributed by atoms with Crippen LogP contribution in [0.1, 0.15) is 188 Å². The van der Waals surface area contributed by atoms with Gasteiger partial charge in [0.15, 0.2) is 0 Å². The molecular weight excluding hydrogens is 596 g/mol. The summed E-state index contributed by atoms with van der Waals surface area (Å²) in [6, 6.07) is 0. The van der Waals surface area contributed by atoms with Gasteiger partial charge in [-0.3, -0.25) is 9.59 Å². The Morgan fingerprint density at radius 1 is 0.688 bits per heavy atom. The van der Waals surface area contributed by atoms with Gasteiger partial charge >= 0.3 is 0 Å². The number of rotatable bonds is 9. The third kappa shape index (κ3) is 8.80. The van der Waals surface area contributed by atoms with Crippen LogP contribution in [-0.2, 0) is 9.59 Å². The third-order valence-corrected chi connectivity index (χ3v) is 15.6. The quantitative estimate of drug-likeness (QED) is 0.227. The van der Waals surface area contributed by atoms with Gasteiger partial charge in [0.1, 0.15) is 11.6 Å². The molecule has 0 saturated heterocycles. The van der Waals surface area contributed by atoms with E-state index < -0.39 is 0 Å². The Labute approximate surface area is 294 Å². The molecule has 0 heterocycles. The van der Waals surface area contributed by atoms with Crippen LogP contribution in [0, 0.1) is 52.3 Å². The van der Waals surface area contributed by atoms with Gasteiger partial charge in [-0.05, 0) is 117 Å². The molecule has 5 fully saturated rings. The zero-order chi connectivity index (χ0) is 34.3. The normalized spacial score (nSPS) is 41.2. The minimum Gasteiger partial charge on any atom is -0.393 e. The van der Waals surface area contributed by atoms with Crippen LogP contribution in [0.3, 0.4) is 0 Å². The maximum Gasteiger partial charge on any atom is 0.135 e. The van der Waals surface area contributed by atoms with Crippen molar-refractivity contribution in [2.75, 3.05) is 0 Å². The van der Waals surface area contributed by atoms with Crippen molar-refractivity contribution in [2.24, 2.45) is 52.3 Å². The molecule has 0 bridgehead atoms. The first kappa shape index (κ1) is 38.5. The largest absolute Gasteiger partial charge is 0.393 e. The van der Waals surface area contributed by atoms with Crippen molar-refractivity contribution in [3.05, 3.63) is 0 Å². The predicted molar refractivity (Wildman–Crippen MR) is 194 cm³/mol. The Hall–Kier alpha value is -0.780. The number of aliphatic hydroxyl groups excluding tert-OH is 3. The van der Waals surface area contributed by atoms with Gasteiger partial charge in [-0.1, -0.05) is 97.8 Å². The molecule has 0 amide bonds. The van der Waals surface area contributed by atoms with Crippen molar-refractivity contribution in [1.82, 2.24) is 0 Å². The minimum atomic E-state index is -0.385. The number of fused-ring (bicyclic) bond motifs is 5. The molecule has 11 atom stereocenters. The van der Waals surface area contributed by atoms with E-state index in [4.69, 9.17) is 0 Å². The Morgan fingerprint density at radius 3 is 1.92 bits per heavy atom. The highest BCUT2D eigenvalue weighted by Gasteiger charge is 2.65. The molecule has 5 nitrogen and oxygen atoms in total. The van der Waals surface area contributed by atoms with Crippen LogP contribution >= 0.6 is 0 Å². The first-order valence-corrected chi connectivity index (χ1v) is 21.1. The number of Topliss-reactive ketones (excluding diaryl/α,β-unsaturated/α-hetero) is 2. The summed E-state index contributed by atoms with van der Waals surface area (Å²) in [4.78, 5) is 26.4. The zero-order valence-corrected chi connectivity index (χ0v) is 31.3. The number of hydrogen-bond acceptors (Lipinski definition) is 5. The van der Waals surface area contributed by atoms with Crippen molar-refractivity contribution in [3.8, 4) is 0 Å². The number of ketones is 2. The van der Waals surface area contributed by atoms with Crippen LogP contribution < -0.4 is 0 Å². The molecule has 5 aliphatic rings. The van der Waals surface area contributed by atoms with Gasteiger partial charge in [-0.2, -0.15) is 0 Å². The predicted octanol–water partition coefficient (Wildman–Crippen LogP) is 9.76. The van der Waals surface area contributed by atoms with Crippen molar-refractivity contribution in [3.63, 3.8) is 0 Å². The Balaban J connectivity index is 1.08. The summed E-state index contributed by atoms with van der Waals surface area (Å²) >= 11 is 0. The average molecular weight is 671 g/mol. The van der Waals surface area contributed by atoms with Gasteiger partial charge in [0, 0.05) is 25.2 Å². The van der Waals surface area contributed by atoms with Crippen LogP contribution in [0.15, 0.2) is 0 Å². The smallest absolute Gasteiger partial charge is 0.135 e. The summed E-state index contributed by atoms with van der Waals surface area (Å²) in [6.07, 6.45) is 26.3. The molecule has 0 spiro atoms. The fourth-order valence-corrected chi connectivity index (χ4v) is 12.5. The van der Waals surface area contributed by atoms with Gasteiger partial charge in [0.25, 0.3) is 0 Å². The molecule has 3 N–H and O–H groups in total. The lowest BCUT2D eigenvalue weighted by Gasteiger charge is -2.63. The van der Waals surface area contributed by atoms with E-state index in [1.807, 2.05) is 0 Å². The fraction of sp³-hybridized carbons (Fsp3) is 0.953. The molecule has 10 unspecified atom stereocenters. The van der Waals surface area contributed by atoms with Gasteiger partial charge in [0.2, 0.25) is 0 Å². The lowest BCUT2D eigenvalue weighted by atomic mass is 9.43. The molecule has 0 aromatic heterocycles. The summed E-state index contributed by atoms with van der Waals surface area (Å²) in [5, 5.41) is 33.9. The van der Waals surface area contributed by atoms with E-state index >= 15 is 0 Å². The summed E-state index contributed by atoms with van der Waals surface area (Å²) in [6.45, 7) is 6.99. The van der Waals surface area contributed by atoms with Crippen molar-refractivity contribution < 1.29 is 24.9 Å². The molecule has 5 rings (SSSR count). The maximum atomic E-state index is 13.3. The number of carbonyl (C=O) groups excluding carboxylic acids is 2. The van der Waals surface area contributed by atoms with E-state index in [1.54, 1.807) is 0 Å². The van der Waals surface area contributed by atoms with Crippen molar-refractivity contribution in [1.29, 1.82) is 0 Å². The second-order valence-corrected chi connectivity index (χ2v) is 18.4.